The first-order valence-corrected chi connectivity index (χ1v) is 16.2. The van der Waals surface area contributed by atoms with Gasteiger partial charge in [-0.2, -0.15) is 0 Å². The number of phenols is 1. The number of nitrogens with zero attached hydrogens (tertiary/aromatic N) is 2. The quantitative estimate of drug-likeness (QED) is 0.171. The first-order valence-electron chi connectivity index (χ1n) is 13.5. The average Bonchev–Trinajstić information content (AvgIpc) is 3.05. The van der Waals surface area contributed by atoms with E-state index in [9.17, 15) is 5.11 Å². The predicted octanol–water partition coefficient (Wildman–Crippen LogP) is 9.67. The molecule has 1 aliphatic rings. The molecule has 0 saturated carbocycles. The van der Waals surface area contributed by atoms with Crippen LogP contribution in [-0.2, 0) is 6.54 Å². The number of aromatic hydroxyl groups is 1. The largest absolute Gasteiger partial charge is 0.507 e. The predicted molar refractivity (Wildman–Crippen MR) is 167 cm³/mol. The van der Waals surface area contributed by atoms with Gasteiger partial charge in [-0.25, -0.2) is 4.31 Å². The Kier molecular flexibility index (Phi) is 10.4. The fraction of sp³-hybridized carbons (Fsp3) is 0.419. The maximum absolute atomic E-state index is 10.9. The molecule has 4 rings (SSSR count). The van der Waals surface area contributed by atoms with Crippen LogP contribution in [0.15, 0.2) is 74.9 Å². The lowest BCUT2D eigenvalue weighted by Gasteiger charge is -2.44. The van der Waals surface area contributed by atoms with Crippen LogP contribution in [0.2, 0.25) is 0 Å². The lowest BCUT2D eigenvalue weighted by atomic mass is 9.85. The molecule has 0 radical (unpaired) electrons. The topological polar surface area (TPSA) is 35.9 Å². The number of thioether (sulfide) groups is 1. The molecule has 7 heteroatoms. The Bertz CT molecular complexity index is 1180. The minimum Gasteiger partial charge on any atom is -0.507 e. The zero-order valence-corrected chi connectivity index (χ0v) is 26.1. The zero-order valence-electron chi connectivity index (χ0n) is 22.9. The van der Waals surface area contributed by atoms with E-state index in [1.807, 2.05) is 24.3 Å². The van der Waals surface area contributed by atoms with Crippen LogP contribution in [0.1, 0.15) is 57.9 Å². The number of ether oxygens (including phenoxy) is 1. The van der Waals surface area contributed by atoms with E-state index in [0.717, 1.165) is 64.5 Å². The van der Waals surface area contributed by atoms with Crippen molar-refractivity contribution in [1.82, 2.24) is 4.31 Å². The van der Waals surface area contributed by atoms with Gasteiger partial charge in [-0.3, -0.25) is 0 Å². The number of hydrogen-bond donors (Lipinski definition) is 1. The molecule has 204 valence electrons. The van der Waals surface area contributed by atoms with Gasteiger partial charge < -0.3 is 14.7 Å². The highest BCUT2D eigenvalue weighted by Crippen LogP contribution is 2.50. The van der Waals surface area contributed by atoms with E-state index < -0.39 is 0 Å². The van der Waals surface area contributed by atoms with Crippen LogP contribution in [0.5, 0.6) is 11.5 Å². The van der Waals surface area contributed by atoms with Crippen LogP contribution in [0, 0.1) is 0 Å². The van der Waals surface area contributed by atoms with Crippen LogP contribution in [-0.4, -0.2) is 34.9 Å². The number of phenolic OH excluding ortho intramolecular Hbond substituents is 1. The van der Waals surface area contributed by atoms with E-state index in [2.05, 4.69) is 93.6 Å². The molecule has 0 bridgehead atoms. The van der Waals surface area contributed by atoms with Gasteiger partial charge in [0.2, 0.25) is 0 Å². The minimum absolute atomic E-state index is 0.0438. The van der Waals surface area contributed by atoms with E-state index in [-0.39, 0.29) is 5.54 Å². The van der Waals surface area contributed by atoms with Crippen LogP contribution in [0.25, 0.3) is 0 Å². The summed E-state index contributed by atoms with van der Waals surface area (Å²) in [7, 11) is 1.71. The van der Waals surface area contributed by atoms with Gasteiger partial charge in [0.15, 0.2) is 0 Å². The van der Waals surface area contributed by atoms with Gasteiger partial charge >= 0.3 is 0 Å². The van der Waals surface area contributed by atoms with E-state index in [0.29, 0.717) is 5.75 Å². The summed E-state index contributed by atoms with van der Waals surface area (Å²) in [4.78, 5) is 4.49. The van der Waals surface area contributed by atoms with Crippen LogP contribution in [0.3, 0.4) is 0 Å². The van der Waals surface area contributed by atoms with Crippen molar-refractivity contribution < 1.29 is 9.84 Å². The highest BCUT2D eigenvalue weighted by atomic mass is 79.9. The van der Waals surface area contributed by atoms with E-state index in [4.69, 9.17) is 4.74 Å². The number of unbranched alkanes of at least 4 members (excludes halogenated alkanes) is 2. The normalized spacial score (nSPS) is 15.2. The van der Waals surface area contributed by atoms with Crippen molar-refractivity contribution in [2.24, 2.45) is 0 Å². The van der Waals surface area contributed by atoms with Gasteiger partial charge in [0.05, 0.1) is 22.6 Å². The fourth-order valence-corrected chi connectivity index (χ4v) is 7.23. The van der Waals surface area contributed by atoms with Crippen LogP contribution >= 0.6 is 39.6 Å². The minimum atomic E-state index is -0.0438. The van der Waals surface area contributed by atoms with Crippen molar-refractivity contribution in [3.05, 3.63) is 70.7 Å². The van der Waals surface area contributed by atoms with Crippen molar-refractivity contribution in [2.75, 3.05) is 24.8 Å². The Morgan fingerprint density at radius 2 is 1.66 bits per heavy atom. The molecular weight excluding hydrogens is 576 g/mol. The lowest BCUT2D eigenvalue weighted by Crippen LogP contribution is -2.51. The Morgan fingerprint density at radius 3 is 2.24 bits per heavy atom. The number of benzene rings is 3. The fourth-order valence-electron chi connectivity index (χ4n) is 5.15. The van der Waals surface area contributed by atoms with Gasteiger partial charge in [-0.15, -0.1) is 11.8 Å². The maximum atomic E-state index is 10.9. The highest BCUT2D eigenvalue weighted by Gasteiger charge is 2.42. The third-order valence-corrected chi connectivity index (χ3v) is 9.91. The van der Waals surface area contributed by atoms with Crippen LogP contribution < -0.4 is 9.64 Å². The van der Waals surface area contributed by atoms with Crippen molar-refractivity contribution in [1.29, 1.82) is 0 Å². The molecule has 1 aliphatic heterocycles. The number of hydrogen-bond acceptors (Lipinski definition) is 6. The van der Waals surface area contributed by atoms with Crippen molar-refractivity contribution in [2.45, 2.75) is 74.2 Å². The molecule has 1 N–H and O–H groups in total. The Hall–Kier alpha value is -1.80. The molecule has 3 aromatic rings. The molecule has 0 unspecified atom stereocenters. The highest BCUT2D eigenvalue weighted by molar-refractivity contribution is 9.10. The number of fused-ring (bicyclic) bond motifs is 1. The smallest absolute Gasteiger partial charge is 0.130 e. The Balaban J connectivity index is 1.87. The number of methoxy groups -OCH3 is 1. The second kappa shape index (κ2) is 13.5. The number of anilines is 2. The standard InChI is InChI=1S/C31H39BrN2O2S2/c1-5-7-17-31(18-8-6-2)22-33(25-13-11-24(32)12-14-25)27-19-30(37-4)28(35)20-29(27)38-34(31)21-23-9-15-26(36-3)16-10-23/h9-16,19-20,35H,5-8,17-18,21-22H2,1-4H3. The van der Waals surface area contributed by atoms with Gasteiger partial charge in [0.1, 0.15) is 11.5 Å². The van der Waals surface area contributed by atoms with Gasteiger partial charge in [0.25, 0.3) is 0 Å². The summed E-state index contributed by atoms with van der Waals surface area (Å²) in [6, 6.07) is 21.2. The molecule has 0 aromatic heterocycles. The molecule has 0 atom stereocenters. The molecule has 0 saturated heterocycles. The van der Waals surface area contributed by atoms with E-state index >= 15 is 0 Å². The maximum Gasteiger partial charge on any atom is 0.130 e. The summed E-state index contributed by atoms with van der Waals surface area (Å²) in [6.45, 7) is 6.29. The molecule has 0 aliphatic carbocycles. The summed E-state index contributed by atoms with van der Waals surface area (Å²) >= 11 is 7.02. The first-order chi connectivity index (χ1) is 18.4. The molecular formula is C31H39BrN2O2S2. The second-order valence-electron chi connectivity index (χ2n) is 9.96. The molecule has 0 spiro atoms. The Morgan fingerprint density at radius 1 is 1.00 bits per heavy atom. The monoisotopic (exact) mass is 614 g/mol. The molecule has 0 amide bonds. The van der Waals surface area contributed by atoms with Crippen LogP contribution in [0.4, 0.5) is 11.4 Å². The third-order valence-electron chi connectivity index (χ3n) is 7.36. The second-order valence-corrected chi connectivity index (χ2v) is 12.8. The average molecular weight is 616 g/mol. The molecule has 4 nitrogen and oxygen atoms in total. The molecule has 38 heavy (non-hydrogen) atoms. The molecule has 3 aromatic carbocycles. The van der Waals surface area contributed by atoms with Crippen molar-refractivity contribution >= 4 is 51.0 Å². The van der Waals surface area contributed by atoms with Crippen molar-refractivity contribution in [3.63, 3.8) is 0 Å². The lowest BCUT2D eigenvalue weighted by molar-refractivity contribution is 0.167. The SMILES string of the molecule is CCCCC1(CCCC)CN(c2ccc(Br)cc2)c2cc(SC)c(O)cc2SN1Cc1ccc(OC)cc1. The molecule has 0 fully saturated rings. The summed E-state index contributed by atoms with van der Waals surface area (Å²) in [5.74, 6) is 1.22. The molecule has 1 heterocycles. The summed E-state index contributed by atoms with van der Waals surface area (Å²) < 4.78 is 9.12. The van der Waals surface area contributed by atoms with E-state index in [1.165, 1.54) is 24.1 Å². The zero-order chi connectivity index (χ0) is 27.1. The van der Waals surface area contributed by atoms with Gasteiger partial charge in [-0.1, -0.05) is 67.6 Å². The Labute approximate surface area is 245 Å². The summed E-state index contributed by atoms with van der Waals surface area (Å²) in [5, 5.41) is 10.9. The van der Waals surface area contributed by atoms with E-state index in [1.54, 1.807) is 18.9 Å². The first kappa shape index (κ1) is 29.2. The third kappa shape index (κ3) is 6.67. The summed E-state index contributed by atoms with van der Waals surface area (Å²) in [5.41, 5.74) is 3.56. The number of rotatable bonds is 11. The van der Waals surface area contributed by atoms with Gasteiger partial charge in [0, 0.05) is 28.8 Å². The summed E-state index contributed by atoms with van der Waals surface area (Å²) in [6.07, 6.45) is 8.95. The van der Waals surface area contributed by atoms with Gasteiger partial charge in [-0.05, 0) is 85.1 Å². The number of halogens is 1. The van der Waals surface area contributed by atoms with Crippen molar-refractivity contribution in [3.8, 4) is 11.5 Å².